The summed E-state index contributed by atoms with van der Waals surface area (Å²) in [6.45, 7) is 5.59. The number of nitrogens with one attached hydrogen (secondary N) is 2. The number of hydrogen-bond acceptors (Lipinski definition) is 9. The number of thiophene rings is 1. The first-order valence-electron chi connectivity index (χ1n) is 11.7. The Hall–Kier alpha value is -4.12. The van der Waals surface area contributed by atoms with Crippen molar-refractivity contribution in [1.29, 1.82) is 0 Å². The van der Waals surface area contributed by atoms with E-state index in [0.717, 1.165) is 21.7 Å². The number of rotatable bonds is 10. The standard InChI is InChI=1S/C26H27N3O7S/c1-4-33-25(31)23-20(27-26(32)28-24(23)21-6-5-11-37-21)14-35-22(30)12-17-7-9-18(10-8-17)34-13-19-15(2)29-36-16(19)3/h5-11,24H,4,12-14H2,1-3H3,(H2,27,28,32). The molecule has 0 saturated heterocycles. The molecule has 3 heterocycles. The quantitative estimate of drug-likeness (QED) is 0.382. The molecule has 3 aromatic rings. The summed E-state index contributed by atoms with van der Waals surface area (Å²) >= 11 is 1.39. The van der Waals surface area contributed by atoms with Crippen LogP contribution in [0.4, 0.5) is 4.79 Å². The van der Waals surface area contributed by atoms with E-state index in [1.165, 1.54) is 11.3 Å². The Morgan fingerprint density at radius 3 is 2.54 bits per heavy atom. The van der Waals surface area contributed by atoms with Crippen LogP contribution in [0.25, 0.3) is 0 Å². The Bertz CT molecular complexity index is 1280. The summed E-state index contributed by atoms with van der Waals surface area (Å²) in [5.41, 5.74) is 2.80. The van der Waals surface area contributed by atoms with Crippen molar-refractivity contribution in [2.45, 2.75) is 39.8 Å². The largest absolute Gasteiger partial charge is 0.489 e. The number of aromatic nitrogens is 1. The van der Waals surface area contributed by atoms with Crippen molar-refractivity contribution >= 4 is 29.3 Å². The molecule has 2 N–H and O–H groups in total. The SMILES string of the molecule is CCOC(=O)C1=C(COC(=O)Cc2ccc(OCc3c(C)noc3C)cc2)NC(=O)NC1c1cccs1. The zero-order chi connectivity index (χ0) is 26.4. The molecule has 4 rings (SSSR count). The number of esters is 2. The van der Waals surface area contributed by atoms with Crippen molar-refractivity contribution in [3.05, 3.63) is 80.5 Å². The molecule has 1 aliphatic heterocycles. The molecule has 1 atom stereocenters. The number of urea groups is 1. The van der Waals surface area contributed by atoms with Gasteiger partial charge in [-0.1, -0.05) is 23.4 Å². The molecule has 0 bridgehead atoms. The zero-order valence-electron chi connectivity index (χ0n) is 20.7. The lowest BCUT2D eigenvalue weighted by molar-refractivity contribution is -0.143. The Kier molecular flexibility index (Phi) is 8.24. The second-order valence-electron chi connectivity index (χ2n) is 8.23. The van der Waals surface area contributed by atoms with Gasteiger partial charge in [0.25, 0.3) is 0 Å². The first kappa shape index (κ1) is 26.0. The third-order valence-electron chi connectivity index (χ3n) is 5.69. The highest BCUT2D eigenvalue weighted by Crippen LogP contribution is 2.30. The maximum Gasteiger partial charge on any atom is 0.338 e. The molecule has 1 aromatic carbocycles. The molecule has 0 saturated carbocycles. The van der Waals surface area contributed by atoms with Crippen molar-refractivity contribution < 1.29 is 33.1 Å². The van der Waals surface area contributed by atoms with Gasteiger partial charge in [0, 0.05) is 4.88 Å². The predicted octanol–water partition coefficient (Wildman–Crippen LogP) is 3.89. The van der Waals surface area contributed by atoms with Gasteiger partial charge < -0.3 is 29.4 Å². The van der Waals surface area contributed by atoms with Crippen molar-refractivity contribution in [3.63, 3.8) is 0 Å². The average Bonchev–Trinajstić information content (AvgIpc) is 3.52. The van der Waals surface area contributed by atoms with Gasteiger partial charge in [-0.3, -0.25) is 4.79 Å². The molecular formula is C26H27N3O7S. The summed E-state index contributed by atoms with van der Waals surface area (Å²) in [6, 6.07) is 9.51. The van der Waals surface area contributed by atoms with Crippen LogP contribution >= 0.6 is 11.3 Å². The topological polar surface area (TPSA) is 129 Å². The van der Waals surface area contributed by atoms with E-state index in [9.17, 15) is 14.4 Å². The number of hydrogen-bond donors (Lipinski definition) is 2. The Morgan fingerprint density at radius 1 is 1.11 bits per heavy atom. The smallest absolute Gasteiger partial charge is 0.338 e. The van der Waals surface area contributed by atoms with Gasteiger partial charge in [-0.15, -0.1) is 11.3 Å². The summed E-state index contributed by atoms with van der Waals surface area (Å²) in [5.74, 6) is 0.246. The first-order valence-corrected chi connectivity index (χ1v) is 12.5. The molecule has 0 fully saturated rings. The molecule has 10 nitrogen and oxygen atoms in total. The van der Waals surface area contributed by atoms with E-state index in [2.05, 4.69) is 15.8 Å². The van der Waals surface area contributed by atoms with Crippen molar-refractivity contribution in [2.75, 3.05) is 13.2 Å². The molecule has 11 heteroatoms. The number of amides is 2. The van der Waals surface area contributed by atoms with Crippen LogP contribution in [-0.4, -0.2) is 36.3 Å². The lowest BCUT2D eigenvalue weighted by Crippen LogP contribution is -2.47. The van der Waals surface area contributed by atoms with Crippen LogP contribution in [0.1, 0.15) is 40.4 Å². The van der Waals surface area contributed by atoms with Crippen molar-refractivity contribution in [3.8, 4) is 5.75 Å². The van der Waals surface area contributed by atoms with Crippen LogP contribution in [-0.2, 0) is 32.1 Å². The monoisotopic (exact) mass is 525 g/mol. The molecule has 2 amide bonds. The van der Waals surface area contributed by atoms with E-state index in [-0.39, 0.29) is 30.9 Å². The second kappa shape index (κ2) is 11.7. The average molecular weight is 526 g/mol. The predicted molar refractivity (Wildman–Crippen MR) is 134 cm³/mol. The minimum Gasteiger partial charge on any atom is -0.489 e. The molecule has 0 radical (unpaired) electrons. The maximum absolute atomic E-state index is 12.7. The van der Waals surface area contributed by atoms with Gasteiger partial charge in [0.15, 0.2) is 0 Å². The Labute approximate surface area is 217 Å². The van der Waals surface area contributed by atoms with E-state index in [4.69, 9.17) is 18.7 Å². The fourth-order valence-electron chi connectivity index (χ4n) is 3.79. The van der Waals surface area contributed by atoms with Crippen LogP contribution < -0.4 is 15.4 Å². The number of aryl methyl sites for hydroxylation is 2. The van der Waals surface area contributed by atoms with Gasteiger partial charge in [0.05, 0.1) is 41.6 Å². The molecule has 37 heavy (non-hydrogen) atoms. The lowest BCUT2D eigenvalue weighted by atomic mass is 10.0. The number of ether oxygens (including phenoxy) is 3. The van der Waals surface area contributed by atoms with Gasteiger partial charge in [0.1, 0.15) is 24.7 Å². The van der Waals surface area contributed by atoms with E-state index in [1.807, 2.05) is 31.4 Å². The van der Waals surface area contributed by atoms with E-state index in [0.29, 0.717) is 18.1 Å². The van der Waals surface area contributed by atoms with Crippen molar-refractivity contribution in [1.82, 2.24) is 15.8 Å². The highest BCUT2D eigenvalue weighted by atomic mass is 32.1. The lowest BCUT2D eigenvalue weighted by Gasteiger charge is -2.28. The zero-order valence-corrected chi connectivity index (χ0v) is 21.5. The Balaban J connectivity index is 1.39. The molecule has 1 aliphatic rings. The van der Waals surface area contributed by atoms with Crippen LogP contribution in [0.5, 0.6) is 5.75 Å². The summed E-state index contributed by atoms with van der Waals surface area (Å²) in [4.78, 5) is 38.3. The van der Waals surface area contributed by atoms with Crippen LogP contribution in [0, 0.1) is 13.8 Å². The fraction of sp³-hybridized carbons (Fsp3) is 0.308. The highest BCUT2D eigenvalue weighted by molar-refractivity contribution is 7.10. The number of nitrogens with zero attached hydrogens (tertiary/aromatic N) is 1. The number of benzene rings is 1. The number of carbonyl (C=O) groups excluding carboxylic acids is 3. The fourth-order valence-corrected chi connectivity index (χ4v) is 4.57. The molecule has 0 aliphatic carbocycles. The van der Waals surface area contributed by atoms with E-state index >= 15 is 0 Å². The molecule has 2 aromatic heterocycles. The first-order chi connectivity index (χ1) is 17.9. The highest BCUT2D eigenvalue weighted by Gasteiger charge is 2.34. The third kappa shape index (κ3) is 6.36. The summed E-state index contributed by atoms with van der Waals surface area (Å²) < 4.78 is 21.6. The third-order valence-corrected chi connectivity index (χ3v) is 6.63. The minimum atomic E-state index is -0.695. The normalized spacial score (nSPS) is 15.1. The van der Waals surface area contributed by atoms with E-state index < -0.39 is 24.0 Å². The molecule has 1 unspecified atom stereocenters. The Morgan fingerprint density at radius 2 is 1.89 bits per heavy atom. The van der Waals surface area contributed by atoms with Gasteiger partial charge in [-0.05, 0) is 49.9 Å². The minimum absolute atomic E-state index is 0.00666. The van der Waals surface area contributed by atoms with Gasteiger partial charge in [-0.25, -0.2) is 9.59 Å². The molecule has 194 valence electrons. The molecular weight excluding hydrogens is 498 g/mol. The summed E-state index contributed by atoms with van der Waals surface area (Å²) in [5, 5.41) is 11.1. The summed E-state index contributed by atoms with van der Waals surface area (Å²) in [7, 11) is 0. The van der Waals surface area contributed by atoms with Crippen LogP contribution in [0.2, 0.25) is 0 Å². The van der Waals surface area contributed by atoms with Gasteiger partial charge in [-0.2, -0.15) is 0 Å². The van der Waals surface area contributed by atoms with Crippen LogP contribution in [0.15, 0.2) is 57.6 Å². The number of carbonyl (C=O) groups is 3. The van der Waals surface area contributed by atoms with Gasteiger partial charge >= 0.3 is 18.0 Å². The second-order valence-corrected chi connectivity index (χ2v) is 9.21. The van der Waals surface area contributed by atoms with Crippen LogP contribution in [0.3, 0.4) is 0 Å². The maximum atomic E-state index is 12.7. The van der Waals surface area contributed by atoms with Crippen molar-refractivity contribution in [2.24, 2.45) is 0 Å². The van der Waals surface area contributed by atoms with E-state index in [1.54, 1.807) is 31.2 Å². The van der Waals surface area contributed by atoms with Gasteiger partial charge in [0.2, 0.25) is 0 Å². The summed E-state index contributed by atoms with van der Waals surface area (Å²) in [6.07, 6.45) is 0.00666. The molecule has 0 spiro atoms.